The molecule has 0 saturated heterocycles. The lowest BCUT2D eigenvalue weighted by molar-refractivity contribution is -0.135. The number of carboxylic acid groups (broad SMARTS) is 1. The molecule has 0 fully saturated rings. The van der Waals surface area contributed by atoms with Crippen molar-refractivity contribution in [1.82, 2.24) is 0 Å². The van der Waals surface area contributed by atoms with E-state index in [-0.39, 0.29) is 6.54 Å². The summed E-state index contributed by atoms with van der Waals surface area (Å²) in [5.41, 5.74) is 4.57. The molecule has 0 aromatic carbocycles. The van der Waals surface area contributed by atoms with Crippen molar-refractivity contribution in [2.24, 2.45) is 5.73 Å². The fourth-order valence-electron chi connectivity index (χ4n) is 0. The lowest BCUT2D eigenvalue weighted by atomic mass is 11.2. The van der Waals surface area contributed by atoms with Gasteiger partial charge in [-0.2, -0.15) is 0 Å². The number of hydrogen-bond acceptors (Lipinski definition) is 2. The molecule has 0 aromatic heterocycles. The summed E-state index contributed by atoms with van der Waals surface area (Å²) in [7, 11) is 0. The smallest absolute Gasteiger partial charge is 0.317 e. The van der Waals surface area contributed by atoms with E-state index in [2.05, 4.69) is 5.73 Å². The fraction of sp³-hybridized carbons (Fsp3) is 0.500. The maximum Gasteiger partial charge on any atom is 0.317 e. The third-order valence-corrected chi connectivity index (χ3v) is 0.175. The van der Waals surface area contributed by atoms with Crippen LogP contribution in [0.15, 0.2) is 0 Å². The first-order chi connectivity index (χ1) is 2.27. The number of carbonyl (C=O) groups is 1. The van der Waals surface area contributed by atoms with Crippen molar-refractivity contribution in [2.75, 3.05) is 6.54 Å². The predicted molar refractivity (Wildman–Crippen MR) is 16.7 cm³/mol. The van der Waals surface area contributed by atoms with Gasteiger partial charge in [-0.3, -0.25) is 4.79 Å². The minimum absolute atomic E-state index is 0.278. The SMILES string of the molecule is NC[14C](=O)O. The first kappa shape index (κ1) is 4.43. The summed E-state index contributed by atoms with van der Waals surface area (Å²) in [5, 5.41) is 7.60. The second-order valence-electron chi connectivity index (χ2n) is 0.598. The van der Waals surface area contributed by atoms with Crippen molar-refractivity contribution in [1.29, 1.82) is 0 Å². The van der Waals surface area contributed by atoms with E-state index in [1.165, 1.54) is 0 Å². The Morgan fingerprint density at radius 2 is 2.20 bits per heavy atom. The van der Waals surface area contributed by atoms with Crippen molar-refractivity contribution >= 4 is 5.97 Å². The topological polar surface area (TPSA) is 63.3 Å². The van der Waals surface area contributed by atoms with Crippen LogP contribution >= 0.6 is 0 Å². The third-order valence-electron chi connectivity index (χ3n) is 0.175. The monoisotopic (exact) mass is 77.0 g/mol. The number of carboxylic acids is 1. The summed E-state index contributed by atoms with van der Waals surface area (Å²) >= 11 is 0. The van der Waals surface area contributed by atoms with Crippen LogP contribution in [0.2, 0.25) is 0 Å². The second-order valence-corrected chi connectivity index (χ2v) is 0.598. The Bertz CT molecular complexity index is 42.9. The molecule has 3 nitrogen and oxygen atoms in total. The Balaban J connectivity index is 2.85. The van der Waals surface area contributed by atoms with E-state index in [4.69, 9.17) is 5.11 Å². The Morgan fingerprint density at radius 3 is 2.20 bits per heavy atom. The molecule has 0 bridgehead atoms. The van der Waals surface area contributed by atoms with Gasteiger partial charge in [0, 0.05) is 0 Å². The van der Waals surface area contributed by atoms with Crippen LogP contribution < -0.4 is 5.73 Å². The highest BCUT2D eigenvalue weighted by atomic mass is 16.6. The summed E-state index contributed by atoms with van der Waals surface area (Å²) in [6, 6.07) is 0. The lowest BCUT2D eigenvalue weighted by Gasteiger charge is -1.73. The molecule has 0 aliphatic carbocycles. The average Bonchev–Trinajstić information content (AvgIpc) is 1.38. The zero-order chi connectivity index (χ0) is 4.28. The molecule has 5 heavy (non-hydrogen) atoms. The van der Waals surface area contributed by atoms with Crippen molar-refractivity contribution < 1.29 is 9.90 Å². The Hall–Kier alpha value is -0.570. The number of hydrogen-bond donors (Lipinski definition) is 2. The molecular formula is C2H5NO2. The molecule has 0 amide bonds. The molecule has 30 valence electrons. The van der Waals surface area contributed by atoms with E-state index >= 15 is 0 Å². The van der Waals surface area contributed by atoms with Gasteiger partial charge in [-0.05, 0) is 0 Å². The van der Waals surface area contributed by atoms with Crippen LogP contribution in [0.3, 0.4) is 0 Å². The molecular weight excluding hydrogens is 72.0 g/mol. The number of rotatable bonds is 1. The molecule has 0 unspecified atom stereocenters. The van der Waals surface area contributed by atoms with Gasteiger partial charge < -0.3 is 10.8 Å². The highest BCUT2D eigenvalue weighted by molar-refractivity contribution is 5.68. The lowest BCUT2D eigenvalue weighted by Crippen LogP contribution is -2.10. The average molecular weight is 77.1 g/mol. The first-order valence-electron chi connectivity index (χ1n) is 1.19. The Kier molecular flexibility index (Phi) is 1.53. The summed E-state index contributed by atoms with van der Waals surface area (Å²) in [6.07, 6.45) is 0. The van der Waals surface area contributed by atoms with E-state index in [1.54, 1.807) is 0 Å². The summed E-state index contributed by atoms with van der Waals surface area (Å²) in [5.74, 6) is -0.968. The van der Waals surface area contributed by atoms with Gasteiger partial charge in [0.05, 0.1) is 6.54 Å². The molecule has 0 spiro atoms. The molecule has 3 heteroatoms. The maximum atomic E-state index is 9.24. The van der Waals surface area contributed by atoms with Crippen LogP contribution in [-0.2, 0) is 4.79 Å². The Morgan fingerprint density at radius 1 is 2.00 bits per heavy atom. The molecule has 0 atom stereocenters. The molecule has 0 aliphatic heterocycles. The van der Waals surface area contributed by atoms with Crippen LogP contribution in [-0.4, -0.2) is 17.6 Å². The van der Waals surface area contributed by atoms with E-state index < -0.39 is 5.97 Å². The molecule has 0 saturated carbocycles. The quantitative estimate of drug-likeness (QED) is 0.423. The molecule has 0 rings (SSSR count). The Labute approximate surface area is 29.4 Å². The zero-order valence-electron chi connectivity index (χ0n) is 2.64. The minimum Gasteiger partial charge on any atom is -0.480 e. The molecule has 0 radical (unpaired) electrons. The van der Waals surface area contributed by atoms with Crippen LogP contribution in [0.4, 0.5) is 0 Å². The molecule has 3 N–H and O–H groups in total. The van der Waals surface area contributed by atoms with Crippen molar-refractivity contribution in [3.05, 3.63) is 0 Å². The van der Waals surface area contributed by atoms with Crippen LogP contribution in [0.1, 0.15) is 0 Å². The van der Waals surface area contributed by atoms with Gasteiger partial charge in [0.15, 0.2) is 0 Å². The van der Waals surface area contributed by atoms with Crippen LogP contribution in [0.5, 0.6) is 0 Å². The summed E-state index contributed by atoms with van der Waals surface area (Å²) < 4.78 is 0. The fourth-order valence-corrected chi connectivity index (χ4v) is 0. The highest BCUT2D eigenvalue weighted by Gasteiger charge is 1.81. The van der Waals surface area contributed by atoms with Gasteiger partial charge >= 0.3 is 5.97 Å². The molecule has 0 aromatic rings. The van der Waals surface area contributed by atoms with Gasteiger partial charge in [-0.25, -0.2) is 0 Å². The predicted octanol–water partition coefficient (Wildman–Crippen LogP) is -0.970. The van der Waals surface area contributed by atoms with Gasteiger partial charge in [-0.15, -0.1) is 0 Å². The summed E-state index contributed by atoms with van der Waals surface area (Å²) in [6.45, 7) is -0.278. The standard InChI is InChI=1S/C2H5NO2/c3-1-2(4)5/h1,3H2,(H,4,5)/i2+2. The van der Waals surface area contributed by atoms with Gasteiger partial charge in [0.25, 0.3) is 0 Å². The largest absolute Gasteiger partial charge is 0.480 e. The van der Waals surface area contributed by atoms with Crippen molar-refractivity contribution in [3.8, 4) is 0 Å². The van der Waals surface area contributed by atoms with Gasteiger partial charge in [0.1, 0.15) is 0 Å². The maximum absolute atomic E-state index is 9.24. The molecule has 0 heterocycles. The van der Waals surface area contributed by atoms with Crippen LogP contribution in [0.25, 0.3) is 0 Å². The second kappa shape index (κ2) is 1.72. The number of aliphatic carboxylic acids is 1. The summed E-state index contributed by atoms with van der Waals surface area (Å²) in [4.78, 5) is 9.24. The minimum atomic E-state index is -0.968. The van der Waals surface area contributed by atoms with Gasteiger partial charge in [-0.1, -0.05) is 0 Å². The number of nitrogens with two attached hydrogens (primary N) is 1. The molecule has 0 aliphatic rings. The van der Waals surface area contributed by atoms with Crippen molar-refractivity contribution in [3.63, 3.8) is 0 Å². The first-order valence-corrected chi connectivity index (χ1v) is 1.19. The van der Waals surface area contributed by atoms with Crippen molar-refractivity contribution in [2.45, 2.75) is 0 Å². The third kappa shape index (κ3) is 3.43. The van der Waals surface area contributed by atoms with E-state index in [1.807, 2.05) is 0 Å². The van der Waals surface area contributed by atoms with Crippen LogP contribution in [0, 0.1) is 0 Å². The van der Waals surface area contributed by atoms with E-state index in [9.17, 15) is 4.79 Å². The van der Waals surface area contributed by atoms with E-state index in [0.717, 1.165) is 0 Å². The van der Waals surface area contributed by atoms with Gasteiger partial charge in [0.2, 0.25) is 0 Å². The zero-order valence-corrected chi connectivity index (χ0v) is 2.64. The normalized spacial score (nSPS) is 7.40. The highest BCUT2D eigenvalue weighted by Crippen LogP contribution is 1.43. The van der Waals surface area contributed by atoms with E-state index in [0.29, 0.717) is 0 Å².